The Bertz CT molecular complexity index is 992. The van der Waals surface area contributed by atoms with E-state index in [0.29, 0.717) is 22.1 Å². The minimum Gasteiger partial charge on any atom is -0.506 e. The highest BCUT2D eigenvalue weighted by atomic mass is 16.6. The predicted octanol–water partition coefficient (Wildman–Crippen LogP) is 2.55. The van der Waals surface area contributed by atoms with E-state index in [1.54, 1.807) is 38.1 Å². The number of fused-ring (bicyclic) bond motifs is 3. The van der Waals surface area contributed by atoms with E-state index in [1.165, 1.54) is 0 Å². The molecule has 7 nitrogen and oxygen atoms in total. The fourth-order valence-electron chi connectivity index (χ4n) is 3.77. The fourth-order valence-corrected chi connectivity index (χ4v) is 3.77. The lowest BCUT2D eigenvalue weighted by molar-refractivity contribution is -0.145. The van der Waals surface area contributed by atoms with Gasteiger partial charge in [0.05, 0.1) is 0 Å². The largest absolute Gasteiger partial charge is 0.506 e. The van der Waals surface area contributed by atoms with Crippen LogP contribution >= 0.6 is 0 Å². The van der Waals surface area contributed by atoms with Crippen LogP contribution in [0.5, 0.6) is 11.5 Å². The molecule has 1 N–H and O–H groups in total. The van der Waals surface area contributed by atoms with Crippen molar-refractivity contribution in [3.8, 4) is 11.5 Å². The first kappa shape index (κ1) is 18.3. The molecule has 2 aliphatic heterocycles. The van der Waals surface area contributed by atoms with E-state index in [1.807, 2.05) is 0 Å². The fraction of sp³-hybridized carbons (Fsp3) is 0.381. The van der Waals surface area contributed by atoms with Crippen molar-refractivity contribution >= 4 is 29.0 Å². The lowest BCUT2D eigenvalue weighted by atomic mass is 9.89. The number of hydrogen-bond donors (Lipinski definition) is 1. The van der Waals surface area contributed by atoms with Crippen LogP contribution in [-0.2, 0) is 25.5 Å². The van der Waals surface area contributed by atoms with Gasteiger partial charge in [-0.3, -0.25) is 0 Å². The number of carbonyl (C=O) groups excluding carboxylic acids is 3. The summed E-state index contributed by atoms with van der Waals surface area (Å²) < 4.78 is 16.4. The summed E-state index contributed by atoms with van der Waals surface area (Å²) in [5.74, 6) is -1.18. The minimum atomic E-state index is -1.06. The molecular weight excluding hydrogens is 364 g/mol. The molecule has 2 aromatic rings. The lowest BCUT2D eigenvalue weighted by Gasteiger charge is -2.22. The highest BCUT2D eigenvalue weighted by Gasteiger charge is 2.47. The summed E-state index contributed by atoms with van der Waals surface area (Å²) in [5, 5.41) is 11.9. The lowest BCUT2D eigenvalue weighted by Crippen LogP contribution is -2.35. The quantitative estimate of drug-likeness (QED) is 0.639. The second kappa shape index (κ2) is 6.51. The molecule has 0 bridgehead atoms. The standard InChI is InChI=1S/C21H20O7/c1-21(2)10-26-20(25)18(21)28-19(24)15-14-9-11(7-8-22)27-17(14)13-6-4-3-5-12(13)16(15)23/h3-6,8,11,18,23H,7,9-10H2,1-2H3/t11?,18-/m0/s1. The minimum absolute atomic E-state index is 0.0300. The molecule has 2 heterocycles. The zero-order valence-electron chi connectivity index (χ0n) is 15.6. The molecular formula is C21H20O7. The Labute approximate surface area is 161 Å². The van der Waals surface area contributed by atoms with Crippen LogP contribution in [0.3, 0.4) is 0 Å². The van der Waals surface area contributed by atoms with Crippen LogP contribution in [-0.4, -0.2) is 42.1 Å². The third kappa shape index (κ3) is 2.78. The van der Waals surface area contributed by atoms with Crippen molar-refractivity contribution in [1.29, 1.82) is 0 Å². The van der Waals surface area contributed by atoms with Gasteiger partial charge in [0, 0.05) is 34.6 Å². The molecule has 2 atom stereocenters. The summed E-state index contributed by atoms with van der Waals surface area (Å²) >= 11 is 0. The number of carbonyl (C=O) groups is 3. The van der Waals surface area contributed by atoms with Crippen LogP contribution in [0, 0.1) is 5.41 Å². The first-order valence-electron chi connectivity index (χ1n) is 9.08. The van der Waals surface area contributed by atoms with E-state index in [4.69, 9.17) is 14.2 Å². The van der Waals surface area contributed by atoms with E-state index in [0.717, 1.165) is 6.29 Å². The summed E-state index contributed by atoms with van der Waals surface area (Å²) in [5.41, 5.74) is -0.214. The van der Waals surface area contributed by atoms with E-state index >= 15 is 0 Å². The maximum absolute atomic E-state index is 13.0. The first-order chi connectivity index (χ1) is 13.3. The molecule has 7 heteroatoms. The van der Waals surface area contributed by atoms with Gasteiger partial charge in [-0.25, -0.2) is 9.59 Å². The molecule has 0 aromatic heterocycles. The Balaban J connectivity index is 1.80. The molecule has 2 aliphatic rings. The Kier molecular flexibility index (Phi) is 4.25. The molecule has 0 spiro atoms. The van der Waals surface area contributed by atoms with Crippen molar-refractivity contribution in [2.75, 3.05) is 6.61 Å². The Morgan fingerprint density at radius 1 is 1.32 bits per heavy atom. The van der Waals surface area contributed by atoms with Gasteiger partial charge in [-0.15, -0.1) is 0 Å². The number of aldehydes is 1. The predicted molar refractivity (Wildman–Crippen MR) is 98.4 cm³/mol. The maximum atomic E-state index is 13.0. The highest BCUT2D eigenvalue weighted by molar-refractivity contribution is 6.06. The van der Waals surface area contributed by atoms with E-state index in [-0.39, 0.29) is 30.8 Å². The second-order valence-electron chi connectivity index (χ2n) is 7.80. The van der Waals surface area contributed by atoms with Gasteiger partial charge in [0.1, 0.15) is 36.1 Å². The zero-order valence-corrected chi connectivity index (χ0v) is 15.6. The Hall–Kier alpha value is -3.09. The third-order valence-electron chi connectivity index (χ3n) is 5.25. The zero-order chi connectivity index (χ0) is 20.1. The van der Waals surface area contributed by atoms with Crippen molar-refractivity contribution in [1.82, 2.24) is 0 Å². The van der Waals surface area contributed by atoms with Crippen LogP contribution in [0.2, 0.25) is 0 Å². The Morgan fingerprint density at radius 3 is 2.68 bits per heavy atom. The summed E-state index contributed by atoms with van der Waals surface area (Å²) in [4.78, 5) is 35.9. The van der Waals surface area contributed by atoms with Crippen LogP contribution in [0.25, 0.3) is 10.8 Å². The van der Waals surface area contributed by atoms with Gasteiger partial charge in [0.2, 0.25) is 6.10 Å². The molecule has 1 unspecified atom stereocenters. The van der Waals surface area contributed by atoms with Crippen molar-refractivity contribution < 1.29 is 33.7 Å². The summed E-state index contributed by atoms with van der Waals surface area (Å²) in [6, 6.07) is 6.99. The van der Waals surface area contributed by atoms with Gasteiger partial charge in [-0.05, 0) is 0 Å². The number of ether oxygens (including phenoxy) is 3. The third-order valence-corrected chi connectivity index (χ3v) is 5.25. The van der Waals surface area contributed by atoms with E-state index in [9.17, 15) is 19.5 Å². The average molecular weight is 384 g/mol. The molecule has 28 heavy (non-hydrogen) atoms. The Morgan fingerprint density at radius 2 is 2.04 bits per heavy atom. The van der Waals surface area contributed by atoms with Crippen molar-refractivity contribution in [3.05, 3.63) is 35.4 Å². The summed E-state index contributed by atoms with van der Waals surface area (Å²) in [6.45, 7) is 3.68. The van der Waals surface area contributed by atoms with Gasteiger partial charge >= 0.3 is 11.9 Å². The van der Waals surface area contributed by atoms with Gasteiger partial charge in [-0.2, -0.15) is 0 Å². The van der Waals surface area contributed by atoms with E-state index in [2.05, 4.69) is 0 Å². The number of hydrogen-bond acceptors (Lipinski definition) is 7. The van der Waals surface area contributed by atoms with Gasteiger partial charge in [0.25, 0.3) is 0 Å². The first-order valence-corrected chi connectivity index (χ1v) is 9.08. The number of rotatable bonds is 4. The average Bonchev–Trinajstić information content (AvgIpc) is 3.18. The molecule has 2 aromatic carbocycles. The molecule has 146 valence electrons. The van der Waals surface area contributed by atoms with Crippen LogP contribution < -0.4 is 4.74 Å². The number of phenols is 1. The van der Waals surface area contributed by atoms with Crippen LogP contribution in [0.15, 0.2) is 24.3 Å². The smallest absolute Gasteiger partial charge is 0.348 e. The normalized spacial score (nSPS) is 22.4. The van der Waals surface area contributed by atoms with Gasteiger partial charge < -0.3 is 24.1 Å². The molecule has 4 rings (SSSR count). The maximum Gasteiger partial charge on any atom is 0.348 e. The van der Waals surface area contributed by atoms with Crippen LogP contribution in [0.1, 0.15) is 36.2 Å². The SMILES string of the molecule is CC1(C)COC(=O)[C@@H]1OC(=O)c1c2c(c3ccccc3c1O)OC(CC=O)C2. The monoisotopic (exact) mass is 384 g/mol. The number of cyclic esters (lactones) is 1. The summed E-state index contributed by atoms with van der Waals surface area (Å²) in [7, 11) is 0. The number of benzene rings is 2. The van der Waals surface area contributed by atoms with E-state index < -0.39 is 29.6 Å². The highest BCUT2D eigenvalue weighted by Crippen LogP contribution is 2.45. The molecule has 0 radical (unpaired) electrons. The topological polar surface area (TPSA) is 99.1 Å². The number of aromatic hydroxyl groups is 1. The molecule has 1 saturated heterocycles. The van der Waals surface area contributed by atoms with Crippen molar-refractivity contribution in [3.63, 3.8) is 0 Å². The number of phenolic OH excluding ortho intramolecular Hbond substituents is 1. The summed E-state index contributed by atoms with van der Waals surface area (Å²) in [6.07, 6.45) is -0.268. The van der Waals surface area contributed by atoms with Crippen molar-refractivity contribution in [2.24, 2.45) is 5.41 Å². The van der Waals surface area contributed by atoms with Crippen molar-refractivity contribution in [2.45, 2.75) is 38.9 Å². The molecule has 1 fully saturated rings. The second-order valence-corrected chi connectivity index (χ2v) is 7.80. The molecule has 0 amide bonds. The van der Waals surface area contributed by atoms with Crippen LogP contribution in [0.4, 0.5) is 0 Å². The van der Waals surface area contributed by atoms with Gasteiger partial charge in [-0.1, -0.05) is 38.1 Å². The number of esters is 2. The molecule has 0 aliphatic carbocycles. The van der Waals surface area contributed by atoms with Gasteiger partial charge in [0.15, 0.2) is 0 Å². The molecule has 0 saturated carbocycles.